The molecule has 0 radical (unpaired) electrons. The minimum absolute atomic E-state index is 0.119. The predicted molar refractivity (Wildman–Crippen MR) is 97.1 cm³/mol. The highest BCUT2D eigenvalue weighted by Crippen LogP contribution is 2.27. The molecule has 27 heavy (non-hydrogen) atoms. The van der Waals surface area contributed by atoms with Crippen LogP contribution in [0.3, 0.4) is 0 Å². The number of likely N-dealkylation sites (tertiary alicyclic amines) is 2. The Labute approximate surface area is 158 Å². The highest BCUT2D eigenvalue weighted by Gasteiger charge is 2.38. The van der Waals surface area contributed by atoms with Gasteiger partial charge in [-0.3, -0.25) is 9.69 Å². The van der Waals surface area contributed by atoms with Crippen LogP contribution in [0.4, 0.5) is 13.2 Å². The minimum Gasteiger partial charge on any atom is -0.490 e. The number of nitrogens with zero attached hydrogens (tertiary/aromatic N) is 2. The van der Waals surface area contributed by atoms with Crippen molar-refractivity contribution in [1.82, 2.24) is 9.80 Å². The van der Waals surface area contributed by atoms with Crippen molar-refractivity contribution in [3.8, 4) is 5.75 Å². The number of hydrogen-bond acceptors (Lipinski definition) is 4. The van der Waals surface area contributed by atoms with Crippen molar-refractivity contribution in [2.24, 2.45) is 0 Å². The Kier molecular flexibility index (Phi) is 6.42. The van der Waals surface area contributed by atoms with Crippen LogP contribution in [0.25, 0.3) is 0 Å². The zero-order valence-electron chi connectivity index (χ0n) is 15.7. The molecule has 0 aromatic heterocycles. The Hall–Kier alpha value is -1.60. The first-order valence-electron chi connectivity index (χ1n) is 9.64. The molecule has 2 heterocycles. The van der Waals surface area contributed by atoms with Gasteiger partial charge in [-0.2, -0.15) is 0 Å². The molecule has 0 bridgehead atoms. The second-order valence-electron chi connectivity index (χ2n) is 7.61. The van der Waals surface area contributed by atoms with Gasteiger partial charge in [0.05, 0.1) is 19.7 Å². The first-order valence-corrected chi connectivity index (χ1v) is 9.64. The summed E-state index contributed by atoms with van der Waals surface area (Å²) in [7, 11) is 0. The summed E-state index contributed by atoms with van der Waals surface area (Å²) in [5.41, 5.74) is 0.181. The van der Waals surface area contributed by atoms with Crippen molar-refractivity contribution >= 4 is 5.78 Å². The molecule has 7 heteroatoms. The molecule has 0 aliphatic carbocycles. The Balaban J connectivity index is 1.46. The summed E-state index contributed by atoms with van der Waals surface area (Å²) in [5, 5.41) is 0. The van der Waals surface area contributed by atoms with Crippen molar-refractivity contribution in [3.05, 3.63) is 29.6 Å². The van der Waals surface area contributed by atoms with E-state index in [1.54, 1.807) is 0 Å². The first kappa shape index (κ1) is 20.1. The number of halogens is 3. The van der Waals surface area contributed by atoms with E-state index in [1.807, 2.05) is 0 Å². The summed E-state index contributed by atoms with van der Waals surface area (Å²) in [6.07, 6.45) is 3.02. The van der Waals surface area contributed by atoms with Crippen LogP contribution in [0.15, 0.2) is 18.2 Å². The van der Waals surface area contributed by atoms with Crippen LogP contribution in [0.2, 0.25) is 0 Å². The molecule has 1 aromatic carbocycles. The lowest BCUT2D eigenvalue weighted by molar-refractivity contribution is 0.0127. The molecular weight excluding hydrogens is 357 g/mol. The summed E-state index contributed by atoms with van der Waals surface area (Å²) < 4.78 is 46.1. The zero-order valence-corrected chi connectivity index (χ0v) is 15.7. The van der Waals surface area contributed by atoms with Gasteiger partial charge >= 0.3 is 0 Å². The van der Waals surface area contributed by atoms with Gasteiger partial charge in [0, 0.05) is 31.1 Å². The summed E-state index contributed by atoms with van der Waals surface area (Å²) in [6, 6.07) is 4.67. The van der Waals surface area contributed by atoms with E-state index in [-0.39, 0.29) is 36.6 Å². The Morgan fingerprint density at radius 3 is 2.78 bits per heavy atom. The van der Waals surface area contributed by atoms with Gasteiger partial charge in [-0.25, -0.2) is 13.2 Å². The topological polar surface area (TPSA) is 32.8 Å². The van der Waals surface area contributed by atoms with E-state index in [2.05, 4.69) is 11.8 Å². The van der Waals surface area contributed by atoms with Gasteiger partial charge in [0.2, 0.25) is 0 Å². The fraction of sp³-hybridized carbons (Fsp3) is 0.650. The van der Waals surface area contributed by atoms with Crippen molar-refractivity contribution in [3.63, 3.8) is 0 Å². The molecule has 3 rings (SSSR count). The van der Waals surface area contributed by atoms with Crippen LogP contribution < -0.4 is 4.74 Å². The number of benzene rings is 1. The van der Waals surface area contributed by atoms with E-state index >= 15 is 0 Å². The van der Waals surface area contributed by atoms with Crippen LogP contribution in [-0.2, 0) is 0 Å². The molecule has 2 aliphatic heterocycles. The molecule has 1 unspecified atom stereocenters. The number of Topliss-reactive ketones (excluding diaryl/α,β-unsaturated/α-hetero) is 1. The average Bonchev–Trinajstić information content (AvgIpc) is 3.17. The van der Waals surface area contributed by atoms with Gasteiger partial charge in [-0.15, -0.1) is 0 Å². The molecule has 0 amide bonds. The van der Waals surface area contributed by atoms with Crippen molar-refractivity contribution < 1.29 is 22.7 Å². The van der Waals surface area contributed by atoms with E-state index in [1.165, 1.54) is 29.9 Å². The lowest BCUT2D eigenvalue weighted by Gasteiger charge is -2.20. The van der Waals surface area contributed by atoms with Crippen molar-refractivity contribution in [1.29, 1.82) is 0 Å². The summed E-state index contributed by atoms with van der Waals surface area (Å²) in [6.45, 7) is 4.30. The van der Waals surface area contributed by atoms with Gasteiger partial charge in [0.25, 0.3) is 5.92 Å². The Morgan fingerprint density at radius 1 is 1.33 bits per heavy atom. The molecule has 1 aromatic rings. The van der Waals surface area contributed by atoms with Crippen LogP contribution in [0, 0.1) is 5.82 Å². The zero-order chi connectivity index (χ0) is 19.4. The molecule has 0 saturated carbocycles. The van der Waals surface area contributed by atoms with Crippen molar-refractivity contribution in [2.45, 2.75) is 44.6 Å². The number of ketones is 1. The highest BCUT2D eigenvalue weighted by molar-refractivity contribution is 5.97. The largest absolute Gasteiger partial charge is 0.490 e. The molecule has 0 spiro atoms. The smallest absolute Gasteiger partial charge is 0.261 e. The van der Waals surface area contributed by atoms with Gasteiger partial charge in [0.1, 0.15) is 0 Å². The summed E-state index contributed by atoms with van der Waals surface area (Å²) in [4.78, 5) is 16.0. The van der Waals surface area contributed by atoms with Crippen LogP contribution in [0.1, 0.15) is 43.0 Å². The third-order valence-electron chi connectivity index (χ3n) is 5.41. The van der Waals surface area contributed by atoms with E-state index in [4.69, 9.17) is 4.74 Å². The average molecular weight is 384 g/mol. The third-order valence-corrected chi connectivity index (χ3v) is 5.41. The number of hydrogen-bond donors (Lipinski definition) is 0. The van der Waals surface area contributed by atoms with Gasteiger partial charge in [0.15, 0.2) is 17.3 Å². The summed E-state index contributed by atoms with van der Waals surface area (Å²) in [5.74, 6) is -3.58. The summed E-state index contributed by atoms with van der Waals surface area (Å²) >= 11 is 0. The lowest BCUT2D eigenvalue weighted by Crippen LogP contribution is -2.30. The van der Waals surface area contributed by atoms with E-state index < -0.39 is 18.3 Å². The predicted octanol–water partition coefficient (Wildman–Crippen LogP) is 3.60. The standard InChI is InChI=1S/C20H27F3N2O2/c1-15-4-2-8-25(15)9-3-11-27-19-6-5-16(12-17(19)21)18(26)13-24-10-7-20(22,23)14-24/h5-6,12,15H,2-4,7-11,13-14H2,1H3. The van der Waals surface area contributed by atoms with E-state index in [9.17, 15) is 18.0 Å². The molecule has 4 nitrogen and oxygen atoms in total. The molecule has 1 atom stereocenters. The Morgan fingerprint density at radius 2 is 2.15 bits per heavy atom. The number of carbonyl (C=O) groups is 1. The van der Waals surface area contributed by atoms with Crippen molar-refractivity contribution in [2.75, 3.05) is 39.3 Å². The quantitative estimate of drug-likeness (QED) is 0.506. The Bertz CT molecular complexity index is 669. The first-order chi connectivity index (χ1) is 12.8. The molecule has 2 fully saturated rings. The maximum atomic E-state index is 14.2. The second-order valence-corrected chi connectivity index (χ2v) is 7.61. The molecule has 150 valence electrons. The molecule has 0 N–H and O–H groups in total. The fourth-order valence-electron chi connectivity index (χ4n) is 3.80. The SMILES string of the molecule is CC1CCCN1CCCOc1ccc(C(=O)CN2CCC(F)(F)C2)cc1F. The van der Waals surface area contributed by atoms with Gasteiger partial charge < -0.3 is 9.64 Å². The monoisotopic (exact) mass is 384 g/mol. The van der Waals surface area contributed by atoms with Crippen LogP contribution in [0.5, 0.6) is 5.75 Å². The van der Waals surface area contributed by atoms with Gasteiger partial charge in [-0.1, -0.05) is 0 Å². The number of alkyl halides is 2. The number of carbonyl (C=O) groups excluding carboxylic acids is 1. The third kappa shape index (κ3) is 5.45. The van der Waals surface area contributed by atoms with Crippen LogP contribution in [-0.4, -0.2) is 66.9 Å². The van der Waals surface area contributed by atoms with E-state index in [0.717, 1.165) is 25.6 Å². The van der Waals surface area contributed by atoms with Gasteiger partial charge in [-0.05, 0) is 50.9 Å². The fourth-order valence-corrected chi connectivity index (χ4v) is 3.80. The second kappa shape index (κ2) is 8.61. The number of ether oxygens (including phenoxy) is 1. The normalized spacial score (nSPS) is 23.0. The highest BCUT2D eigenvalue weighted by atomic mass is 19.3. The van der Waals surface area contributed by atoms with Crippen LogP contribution >= 0.6 is 0 Å². The molecule has 2 saturated heterocycles. The molecular formula is C20H27F3N2O2. The lowest BCUT2D eigenvalue weighted by atomic mass is 10.1. The maximum Gasteiger partial charge on any atom is 0.261 e. The van der Waals surface area contributed by atoms with E-state index in [0.29, 0.717) is 12.6 Å². The molecule has 2 aliphatic rings. The number of rotatable bonds is 8. The minimum atomic E-state index is -2.74. The maximum absolute atomic E-state index is 14.2.